The van der Waals surface area contributed by atoms with E-state index in [1.54, 1.807) is 0 Å². The summed E-state index contributed by atoms with van der Waals surface area (Å²) in [5.41, 5.74) is 1.34. The molecule has 0 bridgehead atoms. The first-order chi connectivity index (χ1) is 8.85. The lowest BCUT2D eigenvalue weighted by atomic mass is 10.1. The van der Waals surface area contributed by atoms with Crippen molar-refractivity contribution in [1.29, 1.82) is 0 Å². The van der Waals surface area contributed by atoms with Gasteiger partial charge >= 0.3 is 0 Å². The van der Waals surface area contributed by atoms with E-state index in [1.807, 2.05) is 0 Å². The zero-order valence-corrected chi connectivity index (χ0v) is 10.6. The molecule has 4 rings (SSSR count). The molecule has 3 nitrogen and oxygen atoms in total. The lowest BCUT2D eigenvalue weighted by Crippen LogP contribution is -2.34. The fourth-order valence-electron chi connectivity index (χ4n) is 3.41. The van der Waals surface area contributed by atoms with Gasteiger partial charge in [0, 0.05) is 18.9 Å². The molecule has 1 spiro atoms. The normalized spacial score (nSPS) is 28.1. The van der Waals surface area contributed by atoms with Crippen LogP contribution in [0, 0.1) is 0 Å². The maximum Gasteiger partial charge on any atom is 0.251 e. The van der Waals surface area contributed by atoms with Gasteiger partial charge in [0.15, 0.2) is 11.5 Å². The first-order valence-corrected chi connectivity index (χ1v) is 7.10. The maximum atomic E-state index is 6.11. The van der Waals surface area contributed by atoms with Crippen LogP contribution in [0.2, 0.25) is 0 Å². The molecule has 1 aromatic rings. The average molecular weight is 245 g/mol. The number of nitrogens with one attached hydrogen (secondary N) is 1. The van der Waals surface area contributed by atoms with E-state index in [-0.39, 0.29) is 5.79 Å². The fraction of sp³-hybridized carbons (Fsp3) is 0.600. The predicted octanol–water partition coefficient (Wildman–Crippen LogP) is 3.15. The van der Waals surface area contributed by atoms with Crippen molar-refractivity contribution in [3.05, 3.63) is 23.8 Å². The van der Waals surface area contributed by atoms with Gasteiger partial charge in [-0.2, -0.15) is 0 Å². The Kier molecular flexibility index (Phi) is 2.31. The van der Waals surface area contributed by atoms with Gasteiger partial charge in [-0.15, -0.1) is 0 Å². The van der Waals surface area contributed by atoms with Crippen LogP contribution in [0.1, 0.15) is 50.1 Å². The third kappa shape index (κ3) is 1.61. The average Bonchev–Trinajstić information content (AvgIpc) is 3.09. The van der Waals surface area contributed by atoms with Crippen molar-refractivity contribution >= 4 is 0 Å². The molecule has 96 valence electrons. The van der Waals surface area contributed by atoms with Crippen molar-refractivity contribution in [2.45, 2.75) is 50.4 Å². The largest absolute Gasteiger partial charge is 0.448 e. The molecule has 2 heterocycles. The fourth-order valence-corrected chi connectivity index (χ4v) is 3.41. The van der Waals surface area contributed by atoms with Gasteiger partial charge in [0.2, 0.25) is 0 Å². The van der Waals surface area contributed by atoms with Crippen LogP contribution in [-0.4, -0.2) is 12.3 Å². The van der Waals surface area contributed by atoms with Crippen molar-refractivity contribution in [3.8, 4) is 11.5 Å². The predicted molar refractivity (Wildman–Crippen MR) is 68.9 cm³/mol. The lowest BCUT2D eigenvalue weighted by molar-refractivity contribution is -0.0716. The highest BCUT2D eigenvalue weighted by atomic mass is 16.7. The van der Waals surface area contributed by atoms with Crippen LogP contribution >= 0.6 is 0 Å². The molecule has 1 atom stereocenters. The molecule has 1 saturated heterocycles. The molecule has 18 heavy (non-hydrogen) atoms. The van der Waals surface area contributed by atoms with Gasteiger partial charge in [0.05, 0.1) is 0 Å². The number of rotatable bonds is 1. The van der Waals surface area contributed by atoms with E-state index in [4.69, 9.17) is 9.47 Å². The molecule has 1 saturated carbocycles. The monoisotopic (exact) mass is 245 g/mol. The van der Waals surface area contributed by atoms with E-state index in [1.165, 1.54) is 31.2 Å². The Morgan fingerprint density at radius 3 is 2.67 bits per heavy atom. The van der Waals surface area contributed by atoms with Gasteiger partial charge in [-0.25, -0.2) is 0 Å². The van der Waals surface area contributed by atoms with Crippen molar-refractivity contribution in [3.63, 3.8) is 0 Å². The minimum atomic E-state index is -0.329. The van der Waals surface area contributed by atoms with E-state index in [0.29, 0.717) is 6.04 Å². The first-order valence-electron chi connectivity index (χ1n) is 7.10. The number of fused-ring (bicyclic) bond motifs is 1. The molecule has 2 aliphatic heterocycles. The highest BCUT2D eigenvalue weighted by Gasteiger charge is 2.44. The Hall–Kier alpha value is -1.22. The summed E-state index contributed by atoms with van der Waals surface area (Å²) in [6, 6.07) is 6.93. The highest BCUT2D eigenvalue weighted by molar-refractivity contribution is 5.47. The summed E-state index contributed by atoms with van der Waals surface area (Å²) >= 11 is 0. The molecule has 2 fully saturated rings. The zero-order chi connectivity index (χ0) is 12.0. The molecular formula is C15H19NO2. The van der Waals surface area contributed by atoms with Crippen molar-refractivity contribution in [2.24, 2.45) is 0 Å². The third-order valence-electron chi connectivity index (χ3n) is 4.39. The summed E-state index contributed by atoms with van der Waals surface area (Å²) in [7, 11) is 0. The number of hydrogen-bond acceptors (Lipinski definition) is 3. The molecule has 0 radical (unpaired) electrons. The summed E-state index contributed by atoms with van der Waals surface area (Å²) in [4.78, 5) is 0. The Morgan fingerprint density at radius 2 is 1.89 bits per heavy atom. The Morgan fingerprint density at radius 1 is 1.06 bits per heavy atom. The maximum absolute atomic E-state index is 6.11. The summed E-state index contributed by atoms with van der Waals surface area (Å²) < 4.78 is 12.1. The molecule has 1 aliphatic carbocycles. The second-order valence-corrected chi connectivity index (χ2v) is 5.68. The van der Waals surface area contributed by atoms with Gasteiger partial charge < -0.3 is 14.8 Å². The number of benzene rings is 1. The molecule has 1 aromatic carbocycles. The smallest absolute Gasteiger partial charge is 0.251 e. The Balaban J connectivity index is 1.62. The number of hydrogen-bond donors (Lipinski definition) is 1. The minimum Gasteiger partial charge on any atom is -0.448 e. The van der Waals surface area contributed by atoms with Gasteiger partial charge in [-0.1, -0.05) is 6.07 Å². The SMILES string of the molecule is c1cc2c(cc1C1CCCN1)OC1(CCCC1)O2. The van der Waals surface area contributed by atoms with Gasteiger partial charge in [-0.05, 0) is 49.9 Å². The van der Waals surface area contributed by atoms with E-state index in [0.717, 1.165) is 30.9 Å². The molecule has 0 aromatic heterocycles. The molecule has 0 amide bonds. The van der Waals surface area contributed by atoms with Gasteiger partial charge in [0.1, 0.15) is 0 Å². The second-order valence-electron chi connectivity index (χ2n) is 5.68. The van der Waals surface area contributed by atoms with Crippen LogP contribution in [0.15, 0.2) is 18.2 Å². The standard InChI is InChI=1S/C15H19NO2/c1-2-8-15(7-1)17-13-6-5-11(10-14(13)18-15)12-4-3-9-16-12/h5-6,10,12,16H,1-4,7-9H2. The lowest BCUT2D eigenvalue weighted by Gasteiger charge is -2.21. The van der Waals surface area contributed by atoms with Crippen LogP contribution in [0.5, 0.6) is 11.5 Å². The molecule has 1 N–H and O–H groups in total. The first kappa shape index (κ1) is 10.7. The van der Waals surface area contributed by atoms with Crippen LogP contribution in [0.3, 0.4) is 0 Å². The van der Waals surface area contributed by atoms with E-state index < -0.39 is 0 Å². The van der Waals surface area contributed by atoms with E-state index >= 15 is 0 Å². The van der Waals surface area contributed by atoms with Gasteiger partial charge in [-0.3, -0.25) is 0 Å². The van der Waals surface area contributed by atoms with Crippen LogP contribution in [-0.2, 0) is 0 Å². The van der Waals surface area contributed by atoms with Crippen LogP contribution < -0.4 is 14.8 Å². The van der Waals surface area contributed by atoms with Crippen molar-refractivity contribution in [2.75, 3.05) is 6.54 Å². The summed E-state index contributed by atoms with van der Waals surface area (Å²) in [6.45, 7) is 1.13. The quantitative estimate of drug-likeness (QED) is 0.824. The molecule has 1 unspecified atom stereocenters. The van der Waals surface area contributed by atoms with E-state index in [9.17, 15) is 0 Å². The summed E-state index contributed by atoms with van der Waals surface area (Å²) in [6.07, 6.45) is 6.97. The molecule has 3 heteroatoms. The number of ether oxygens (including phenoxy) is 2. The van der Waals surface area contributed by atoms with Crippen LogP contribution in [0.25, 0.3) is 0 Å². The van der Waals surface area contributed by atoms with Crippen LogP contribution in [0.4, 0.5) is 0 Å². The van der Waals surface area contributed by atoms with Crippen molar-refractivity contribution < 1.29 is 9.47 Å². The molecule has 3 aliphatic rings. The Bertz CT molecular complexity index is 460. The van der Waals surface area contributed by atoms with Crippen molar-refractivity contribution in [1.82, 2.24) is 5.32 Å². The van der Waals surface area contributed by atoms with E-state index in [2.05, 4.69) is 23.5 Å². The summed E-state index contributed by atoms with van der Waals surface area (Å²) in [5.74, 6) is 1.55. The topological polar surface area (TPSA) is 30.5 Å². The molecular weight excluding hydrogens is 226 g/mol. The zero-order valence-electron chi connectivity index (χ0n) is 10.6. The minimum absolute atomic E-state index is 0.329. The summed E-state index contributed by atoms with van der Waals surface area (Å²) in [5, 5.41) is 3.53. The van der Waals surface area contributed by atoms with Gasteiger partial charge in [0.25, 0.3) is 5.79 Å². The second kappa shape index (κ2) is 3.89. The third-order valence-corrected chi connectivity index (χ3v) is 4.39. The Labute approximate surface area is 107 Å². The highest BCUT2D eigenvalue weighted by Crippen LogP contribution is 2.47.